The Labute approximate surface area is 111 Å². The number of hydrogen-bond acceptors (Lipinski definition) is 3. The second-order valence-corrected chi connectivity index (χ2v) is 5.65. The molecule has 0 aromatic carbocycles. The largest absolute Gasteiger partial charge is 0.337 e. The standard InChI is InChI=1S/C14H19N5/c1-3-15-13-11-14(18-12(17-11)9-4-5-9)19(8(2)16-13)10-6-7-10/h9-10H,3-7H2,1-2H3,(H,17,18). The maximum atomic E-state index is 4.85. The summed E-state index contributed by atoms with van der Waals surface area (Å²) in [5.41, 5.74) is 2.91. The zero-order valence-electron chi connectivity index (χ0n) is 11.5. The molecule has 2 aromatic heterocycles. The number of imidazole rings is 1. The van der Waals surface area contributed by atoms with Crippen LogP contribution in [0.4, 0.5) is 0 Å². The highest BCUT2D eigenvalue weighted by Gasteiger charge is 2.31. The lowest BCUT2D eigenvalue weighted by atomic mass is 10.4. The molecule has 5 nitrogen and oxygen atoms in total. The lowest BCUT2D eigenvalue weighted by Crippen LogP contribution is -2.18. The number of aryl methyl sites for hydroxylation is 1. The molecule has 2 aliphatic carbocycles. The van der Waals surface area contributed by atoms with Gasteiger partial charge in [0.25, 0.3) is 0 Å². The van der Waals surface area contributed by atoms with Crippen LogP contribution in [0.1, 0.15) is 56.2 Å². The molecule has 2 aliphatic rings. The number of aromatic nitrogens is 4. The summed E-state index contributed by atoms with van der Waals surface area (Å²) in [5.74, 6) is 2.80. The van der Waals surface area contributed by atoms with Gasteiger partial charge in [-0.15, -0.1) is 0 Å². The van der Waals surface area contributed by atoms with E-state index in [4.69, 9.17) is 4.98 Å². The van der Waals surface area contributed by atoms with E-state index >= 15 is 0 Å². The van der Waals surface area contributed by atoms with E-state index in [1.165, 1.54) is 25.7 Å². The third-order valence-electron chi connectivity index (χ3n) is 3.96. The summed E-state index contributed by atoms with van der Waals surface area (Å²) in [7, 11) is 0. The molecule has 4 rings (SSSR count). The monoisotopic (exact) mass is 257 g/mol. The smallest absolute Gasteiger partial charge is 0.177 e. The van der Waals surface area contributed by atoms with E-state index in [1.807, 2.05) is 6.92 Å². The number of nitrogens with one attached hydrogen (secondary N) is 1. The van der Waals surface area contributed by atoms with Crippen LogP contribution < -0.4 is 5.49 Å². The summed E-state index contributed by atoms with van der Waals surface area (Å²) in [6, 6.07) is 0.598. The first kappa shape index (κ1) is 11.2. The fourth-order valence-electron chi connectivity index (χ4n) is 2.71. The van der Waals surface area contributed by atoms with Crippen molar-refractivity contribution >= 4 is 11.2 Å². The minimum Gasteiger partial charge on any atom is -0.337 e. The van der Waals surface area contributed by atoms with Gasteiger partial charge in [-0.25, -0.2) is 9.97 Å². The molecule has 2 aromatic rings. The van der Waals surface area contributed by atoms with Crippen LogP contribution in [0.25, 0.3) is 11.2 Å². The number of rotatable bonds is 3. The quantitative estimate of drug-likeness (QED) is 0.916. The highest BCUT2D eigenvalue weighted by Crippen LogP contribution is 2.40. The van der Waals surface area contributed by atoms with Crippen molar-refractivity contribution in [2.24, 2.45) is 4.99 Å². The predicted molar refractivity (Wildman–Crippen MR) is 73.0 cm³/mol. The van der Waals surface area contributed by atoms with E-state index in [2.05, 4.69) is 26.5 Å². The molecule has 19 heavy (non-hydrogen) atoms. The van der Waals surface area contributed by atoms with Gasteiger partial charge >= 0.3 is 0 Å². The van der Waals surface area contributed by atoms with Gasteiger partial charge in [-0.3, -0.25) is 4.99 Å². The lowest BCUT2D eigenvalue weighted by Gasteiger charge is -2.09. The Kier molecular flexibility index (Phi) is 2.31. The molecule has 0 spiro atoms. The van der Waals surface area contributed by atoms with E-state index in [9.17, 15) is 0 Å². The van der Waals surface area contributed by atoms with Crippen LogP contribution in [0.2, 0.25) is 0 Å². The third-order valence-corrected chi connectivity index (χ3v) is 3.96. The summed E-state index contributed by atoms with van der Waals surface area (Å²) in [4.78, 5) is 17.5. The zero-order chi connectivity index (χ0) is 13.0. The van der Waals surface area contributed by atoms with Crippen molar-refractivity contribution in [3.63, 3.8) is 0 Å². The van der Waals surface area contributed by atoms with Gasteiger partial charge in [0.2, 0.25) is 0 Å². The Morgan fingerprint density at radius 2 is 2.05 bits per heavy atom. The minimum absolute atomic E-state index is 0.598. The first-order valence-corrected chi connectivity index (χ1v) is 7.27. The molecule has 2 heterocycles. The van der Waals surface area contributed by atoms with Gasteiger partial charge in [0.15, 0.2) is 11.1 Å². The maximum Gasteiger partial charge on any atom is 0.177 e. The van der Waals surface area contributed by atoms with Gasteiger partial charge in [-0.2, -0.15) is 0 Å². The highest BCUT2D eigenvalue weighted by atomic mass is 15.2. The zero-order valence-corrected chi connectivity index (χ0v) is 11.5. The van der Waals surface area contributed by atoms with Crippen LogP contribution in [0.3, 0.4) is 0 Å². The van der Waals surface area contributed by atoms with Crippen molar-refractivity contribution in [3.8, 4) is 0 Å². The molecule has 0 saturated heterocycles. The number of fused-ring (bicyclic) bond motifs is 1. The molecular formula is C14H19N5. The van der Waals surface area contributed by atoms with Crippen LogP contribution in [0.15, 0.2) is 4.99 Å². The molecular weight excluding hydrogens is 238 g/mol. The molecule has 0 atom stereocenters. The van der Waals surface area contributed by atoms with Crippen LogP contribution >= 0.6 is 0 Å². The van der Waals surface area contributed by atoms with E-state index in [-0.39, 0.29) is 0 Å². The minimum atomic E-state index is 0.598. The van der Waals surface area contributed by atoms with E-state index in [1.54, 1.807) is 0 Å². The summed E-state index contributed by atoms with van der Waals surface area (Å²) in [6.07, 6.45) is 5.02. The van der Waals surface area contributed by atoms with Crippen molar-refractivity contribution in [2.45, 2.75) is 51.5 Å². The number of hydrogen-bond donors (Lipinski definition) is 1. The van der Waals surface area contributed by atoms with Crippen molar-refractivity contribution in [1.29, 1.82) is 0 Å². The van der Waals surface area contributed by atoms with Gasteiger partial charge < -0.3 is 9.55 Å². The molecule has 0 aliphatic heterocycles. The van der Waals surface area contributed by atoms with Gasteiger partial charge in [0, 0.05) is 18.5 Å². The Hall–Kier alpha value is -1.65. The van der Waals surface area contributed by atoms with E-state index in [0.29, 0.717) is 12.0 Å². The summed E-state index contributed by atoms with van der Waals surface area (Å²) in [5, 5.41) is 0. The van der Waals surface area contributed by atoms with Crippen LogP contribution in [0, 0.1) is 6.92 Å². The summed E-state index contributed by atoms with van der Waals surface area (Å²) >= 11 is 0. The Morgan fingerprint density at radius 3 is 2.68 bits per heavy atom. The molecule has 2 fully saturated rings. The normalized spacial score (nSPS) is 20.4. The molecule has 5 heteroatoms. The second kappa shape index (κ2) is 3.92. The Balaban J connectivity index is 2.03. The third kappa shape index (κ3) is 1.79. The summed E-state index contributed by atoms with van der Waals surface area (Å²) < 4.78 is 2.30. The van der Waals surface area contributed by atoms with Crippen molar-refractivity contribution in [2.75, 3.05) is 6.54 Å². The fraction of sp³-hybridized carbons (Fsp3) is 0.643. The molecule has 0 amide bonds. The number of nitrogens with zero attached hydrogens (tertiary/aromatic N) is 4. The van der Waals surface area contributed by atoms with Crippen molar-refractivity contribution in [3.05, 3.63) is 17.1 Å². The number of H-pyrrole nitrogens is 1. The highest BCUT2D eigenvalue weighted by molar-refractivity contribution is 5.70. The Morgan fingerprint density at radius 1 is 1.26 bits per heavy atom. The first-order chi connectivity index (χ1) is 9.28. The molecule has 0 unspecified atom stereocenters. The molecule has 0 radical (unpaired) electrons. The molecule has 1 N–H and O–H groups in total. The maximum absolute atomic E-state index is 4.85. The molecule has 2 saturated carbocycles. The van der Waals surface area contributed by atoms with Gasteiger partial charge in [0.1, 0.15) is 17.2 Å². The van der Waals surface area contributed by atoms with Crippen molar-refractivity contribution < 1.29 is 0 Å². The van der Waals surface area contributed by atoms with Gasteiger partial charge in [-0.05, 0) is 39.5 Å². The van der Waals surface area contributed by atoms with Crippen LogP contribution in [-0.2, 0) is 0 Å². The van der Waals surface area contributed by atoms with E-state index in [0.717, 1.165) is 34.8 Å². The van der Waals surface area contributed by atoms with E-state index < -0.39 is 0 Å². The summed E-state index contributed by atoms with van der Waals surface area (Å²) in [6.45, 7) is 4.87. The van der Waals surface area contributed by atoms with Crippen LogP contribution in [0.5, 0.6) is 0 Å². The number of aromatic amines is 1. The molecule has 0 bridgehead atoms. The topological polar surface area (TPSA) is 58.9 Å². The lowest BCUT2D eigenvalue weighted by molar-refractivity contribution is 0.698. The first-order valence-electron chi connectivity index (χ1n) is 7.27. The van der Waals surface area contributed by atoms with Gasteiger partial charge in [0.05, 0.1) is 0 Å². The van der Waals surface area contributed by atoms with Crippen molar-refractivity contribution in [1.82, 2.24) is 19.5 Å². The fourth-order valence-corrected chi connectivity index (χ4v) is 2.71. The van der Waals surface area contributed by atoms with Gasteiger partial charge in [-0.1, -0.05) is 0 Å². The SMILES string of the molecule is CCN=c1nc(C)n(C2CC2)c2nc(C3CC3)[nH]c12. The Bertz CT molecular complexity index is 700. The second-order valence-electron chi connectivity index (χ2n) is 5.65. The van der Waals surface area contributed by atoms with Crippen LogP contribution in [-0.4, -0.2) is 26.1 Å². The predicted octanol–water partition coefficient (Wildman–Crippen LogP) is 2.20. The average Bonchev–Trinajstić information content (AvgIpc) is 3.27. The average molecular weight is 257 g/mol. The molecule has 100 valence electrons.